The van der Waals surface area contributed by atoms with Crippen LogP contribution in [0.4, 0.5) is 0 Å². The summed E-state index contributed by atoms with van der Waals surface area (Å²) in [5, 5.41) is 12.6. The van der Waals surface area contributed by atoms with Crippen molar-refractivity contribution in [3.8, 4) is 11.3 Å². The van der Waals surface area contributed by atoms with Crippen molar-refractivity contribution in [1.82, 2.24) is 15.6 Å². The second-order valence-electron chi connectivity index (χ2n) is 3.97. The van der Waals surface area contributed by atoms with E-state index in [1.165, 1.54) is 0 Å². The summed E-state index contributed by atoms with van der Waals surface area (Å²) in [4.78, 5) is 0. The Hall–Kier alpha value is -2.11. The van der Waals surface area contributed by atoms with Crippen LogP contribution < -0.4 is 11.3 Å². The second-order valence-corrected chi connectivity index (χ2v) is 4.75. The molecule has 0 aliphatic carbocycles. The molecule has 0 amide bonds. The average molecular weight is 256 g/mol. The van der Waals surface area contributed by atoms with Gasteiger partial charge in [-0.2, -0.15) is 16.4 Å². The van der Waals surface area contributed by atoms with Crippen LogP contribution in [0.1, 0.15) is 5.56 Å². The number of H-pyrrole nitrogens is 1. The zero-order valence-electron chi connectivity index (χ0n) is 9.60. The van der Waals surface area contributed by atoms with Gasteiger partial charge in [0.1, 0.15) is 5.69 Å². The van der Waals surface area contributed by atoms with Crippen LogP contribution >= 0.6 is 11.3 Å². The van der Waals surface area contributed by atoms with Crippen molar-refractivity contribution in [2.75, 3.05) is 0 Å². The molecule has 0 aliphatic heterocycles. The molecule has 4 nitrogen and oxygen atoms in total. The maximum atomic E-state index is 5.38. The van der Waals surface area contributed by atoms with Crippen molar-refractivity contribution in [3.63, 3.8) is 0 Å². The summed E-state index contributed by atoms with van der Waals surface area (Å²) in [5.74, 6) is 5.38. The zero-order chi connectivity index (χ0) is 12.5. The van der Waals surface area contributed by atoms with Crippen LogP contribution in [0.5, 0.6) is 0 Å². The average Bonchev–Trinajstić information content (AvgIpc) is 3.05. The highest BCUT2D eigenvalue weighted by Crippen LogP contribution is 2.29. The van der Waals surface area contributed by atoms with Crippen molar-refractivity contribution in [2.45, 2.75) is 0 Å². The fourth-order valence-corrected chi connectivity index (χ4v) is 2.54. The third-order valence-electron chi connectivity index (χ3n) is 2.88. The second kappa shape index (κ2) is 4.29. The van der Waals surface area contributed by atoms with E-state index in [9.17, 15) is 0 Å². The number of nitrogens with zero attached hydrogens (tertiary/aromatic N) is 1. The number of nitrogens with one attached hydrogen (secondary N) is 2. The first-order valence-electron chi connectivity index (χ1n) is 5.46. The largest absolute Gasteiger partial charge is 0.324 e. The van der Waals surface area contributed by atoms with Gasteiger partial charge in [-0.15, -0.1) is 0 Å². The first-order chi connectivity index (χ1) is 8.79. The number of aromatic nitrogens is 2. The number of nitrogens with two attached hydrogens (primary N) is 1. The molecule has 5 heteroatoms. The van der Waals surface area contributed by atoms with Crippen LogP contribution in [0.3, 0.4) is 0 Å². The summed E-state index contributed by atoms with van der Waals surface area (Å²) in [5.41, 5.74) is 7.30. The van der Waals surface area contributed by atoms with Gasteiger partial charge >= 0.3 is 0 Å². The topological polar surface area (TPSA) is 66.7 Å². The maximum Gasteiger partial charge on any atom is 0.101 e. The van der Waals surface area contributed by atoms with Gasteiger partial charge in [-0.25, -0.2) is 0 Å². The fourth-order valence-electron chi connectivity index (χ4n) is 1.90. The van der Waals surface area contributed by atoms with E-state index < -0.39 is 0 Å². The standard InChI is InChI=1S/C13H12N4S/c1-8(15-14)9-2-3-12-11(6-9)13(17-16-12)10-4-5-18-7-10/h2-7,15H,1,14H2,(H,16,17). The van der Waals surface area contributed by atoms with E-state index >= 15 is 0 Å². The lowest BCUT2D eigenvalue weighted by Crippen LogP contribution is -2.18. The lowest BCUT2D eigenvalue weighted by Gasteiger charge is -2.04. The normalized spacial score (nSPS) is 10.7. The molecule has 90 valence electrons. The molecule has 0 fully saturated rings. The van der Waals surface area contributed by atoms with Gasteiger partial charge in [-0.1, -0.05) is 12.6 Å². The smallest absolute Gasteiger partial charge is 0.101 e. The number of hydrazine groups is 1. The lowest BCUT2D eigenvalue weighted by molar-refractivity contribution is 0.996. The monoisotopic (exact) mass is 256 g/mol. The van der Waals surface area contributed by atoms with E-state index in [0.29, 0.717) is 5.70 Å². The van der Waals surface area contributed by atoms with Gasteiger partial charge in [-0.05, 0) is 29.1 Å². The third kappa shape index (κ3) is 1.70. The van der Waals surface area contributed by atoms with Crippen LogP contribution in [-0.4, -0.2) is 10.2 Å². The number of benzene rings is 1. The molecule has 0 atom stereocenters. The Bertz CT molecular complexity index is 697. The van der Waals surface area contributed by atoms with Gasteiger partial charge in [0.25, 0.3) is 0 Å². The first-order valence-corrected chi connectivity index (χ1v) is 6.40. The molecular weight excluding hydrogens is 244 g/mol. The molecule has 0 unspecified atom stereocenters. The number of thiophene rings is 1. The highest BCUT2D eigenvalue weighted by molar-refractivity contribution is 7.08. The molecular formula is C13H12N4S. The number of rotatable bonds is 3. The van der Waals surface area contributed by atoms with Crippen LogP contribution in [0.25, 0.3) is 27.9 Å². The van der Waals surface area contributed by atoms with E-state index in [2.05, 4.69) is 33.6 Å². The van der Waals surface area contributed by atoms with Crippen molar-refractivity contribution in [2.24, 2.45) is 5.84 Å². The Balaban J connectivity index is 2.19. The van der Waals surface area contributed by atoms with E-state index in [-0.39, 0.29) is 0 Å². The molecule has 0 radical (unpaired) electrons. The van der Waals surface area contributed by atoms with Crippen molar-refractivity contribution in [1.29, 1.82) is 0 Å². The summed E-state index contributed by atoms with van der Waals surface area (Å²) >= 11 is 1.66. The molecule has 2 aromatic heterocycles. The summed E-state index contributed by atoms with van der Waals surface area (Å²) in [6.07, 6.45) is 0. The van der Waals surface area contributed by atoms with Crippen LogP contribution in [0, 0.1) is 0 Å². The zero-order valence-corrected chi connectivity index (χ0v) is 10.4. The van der Waals surface area contributed by atoms with Gasteiger partial charge < -0.3 is 5.43 Å². The minimum absolute atomic E-state index is 0.689. The van der Waals surface area contributed by atoms with Crippen LogP contribution in [-0.2, 0) is 0 Å². The highest BCUT2D eigenvalue weighted by atomic mass is 32.1. The molecule has 1 aromatic carbocycles. The Morgan fingerprint density at radius 1 is 1.39 bits per heavy atom. The minimum atomic E-state index is 0.689. The number of fused-ring (bicyclic) bond motifs is 1. The van der Waals surface area contributed by atoms with E-state index in [1.54, 1.807) is 11.3 Å². The number of hydrogen-bond donors (Lipinski definition) is 3. The minimum Gasteiger partial charge on any atom is -0.324 e. The Morgan fingerprint density at radius 3 is 3.00 bits per heavy atom. The maximum absolute atomic E-state index is 5.38. The predicted molar refractivity (Wildman–Crippen MR) is 75.8 cm³/mol. The predicted octanol–water partition coefficient (Wildman–Crippen LogP) is 2.73. The SMILES string of the molecule is C=C(NN)c1ccc2[nH]nc(-c3ccsc3)c2c1. The van der Waals surface area contributed by atoms with Crippen molar-refractivity contribution in [3.05, 3.63) is 47.2 Å². The quantitative estimate of drug-likeness (QED) is 0.498. The Labute approximate surface area is 108 Å². The Kier molecular flexibility index (Phi) is 2.62. The molecule has 0 saturated carbocycles. The molecule has 0 bridgehead atoms. The van der Waals surface area contributed by atoms with E-state index in [4.69, 9.17) is 5.84 Å². The summed E-state index contributed by atoms with van der Waals surface area (Å²) in [7, 11) is 0. The molecule has 4 N–H and O–H groups in total. The van der Waals surface area contributed by atoms with Gasteiger partial charge in [0.15, 0.2) is 0 Å². The van der Waals surface area contributed by atoms with Gasteiger partial charge in [0.2, 0.25) is 0 Å². The van der Waals surface area contributed by atoms with Crippen molar-refractivity contribution < 1.29 is 0 Å². The highest BCUT2D eigenvalue weighted by Gasteiger charge is 2.09. The van der Waals surface area contributed by atoms with Gasteiger partial charge in [-0.3, -0.25) is 10.9 Å². The summed E-state index contributed by atoms with van der Waals surface area (Å²) < 4.78 is 0. The molecule has 3 aromatic rings. The van der Waals surface area contributed by atoms with Crippen LogP contribution in [0.15, 0.2) is 41.6 Å². The first kappa shape index (κ1) is 11.0. The number of aromatic amines is 1. The molecule has 3 rings (SSSR count). The number of hydrogen-bond acceptors (Lipinski definition) is 4. The third-order valence-corrected chi connectivity index (χ3v) is 3.56. The van der Waals surface area contributed by atoms with Gasteiger partial charge in [0.05, 0.1) is 5.52 Å². The van der Waals surface area contributed by atoms with Crippen molar-refractivity contribution >= 4 is 27.9 Å². The molecule has 0 aliphatic rings. The molecule has 2 heterocycles. The van der Waals surface area contributed by atoms with Crippen LogP contribution in [0.2, 0.25) is 0 Å². The molecule has 0 spiro atoms. The molecule has 0 saturated heterocycles. The van der Waals surface area contributed by atoms with E-state index in [0.717, 1.165) is 27.7 Å². The molecule has 18 heavy (non-hydrogen) atoms. The fraction of sp³-hybridized carbons (Fsp3) is 0. The van der Waals surface area contributed by atoms with Gasteiger partial charge in [0, 0.05) is 22.0 Å². The summed E-state index contributed by atoms with van der Waals surface area (Å²) in [6.45, 7) is 3.86. The lowest BCUT2D eigenvalue weighted by atomic mass is 10.1. The van der Waals surface area contributed by atoms with E-state index in [1.807, 2.05) is 23.6 Å². The Morgan fingerprint density at radius 2 is 2.28 bits per heavy atom. The summed E-state index contributed by atoms with van der Waals surface area (Å²) in [6, 6.07) is 8.03.